The standard InChI is InChI=1S/C26H25N5O2/c1-2-33-23-11-9-19-6-3-4-8-21(19)25(23)26(32)31-16-14-30(15-17-31)24-12-10-22(28-29-24)20-7-5-13-27-18-20/h3-13,18H,2,14-17H2,1H3. The van der Waals surface area contributed by atoms with Gasteiger partial charge in [-0.05, 0) is 48.0 Å². The number of nitrogens with zero attached hydrogens (tertiary/aromatic N) is 5. The summed E-state index contributed by atoms with van der Waals surface area (Å²) in [5, 5.41) is 10.7. The molecule has 1 amide bonds. The van der Waals surface area contributed by atoms with Crippen LogP contribution in [0.5, 0.6) is 5.75 Å². The summed E-state index contributed by atoms with van der Waals surface area (Å²) < 4.78 is 5.81. The fourth-order valence-electron chi connectivity index (χ4n) is 4.21. The molecule has 0 radical (unpaired) electrons. The highest BCUT2D eigenvalue weighted by Crippen LogP contribution is 2.30. The fraction of sp³-hybridized carbons (Fsp3) is 0.231. The molecule has 2 aromatic heterocycles. The lowest BCUT2D eigenvalue weighted by Crippen LogP contribution is -2.49. The zero-order valence-electron chi connectivity index (χ0n) is 18.5. The molecule has 7 nitrogen and oxygen atoms in total. The quantitative estimate of drug-likeness (QED) is 0.467. The van der Waals surface area contributed by atoms with Crippen LogP contribution in [0.3, 0.4) is 0 Å². The topological polar surface area (TPSA) is 71.5 Å². The second-order valence-electron chi connectivity index (χ2n) is 7.89. The molecule has 0 saturated carbocycles. The number of aromatic nitrogens is 3. The molecule has 4 aromatic rings. The third-order valence-electron chi connectivity index (χ3n) is 5.90. The summed E-state index contributed by atoms with van der Waals surface area (Å²) in [5.74, 6) is 1.46. The number of hydrogen-bond acceptors (Lipinski definition) is 6. The highest BCUT2D eigenvalue weighted by Gasteiger charge is 2.26. The van der Waals surface area contributed by atoms with Crippen molar-refractivity contribution >= 4 is 22.5 Å². The zero-order valence-corrected chi connectivity index (χ0v) is 18.5. The lowest BCUT2D eigenvalue weighted by molar-refractivity contribution is 0.0744. The molecule has 1 saturated heterocycles. The van der Waals surface area contributed by atoms with Gasteiger partial charge in [0.05, 0.1) is 17.9 Å². The van der Waals surface area contributed by atoms with E-state index in [0.29, 0.717) is 44.1 Å². The molecule has 0 atom stereocenters. The van der Waals surface area contributed by atoms with Gasteiger partial charge in [-0.1, -0.05) is 30.3 Å². The van der Waals surface area contributed by atoms with E-state index in [0.717, 1.165) is 27.8 Å². The number of amides is 1. The first-order valence-electron chi connectivity index (χ1n) is 11.2. The van der Waals surface area contributed by atoms with Gasteiger partial charge in [0.2, 0.25) is 0 Å². The fourth-order valence-corrected chi connectivity index (χ4v) is 4.21. The van der Waals surface area contributed by atoms with Crippen LogP contribution in [0.2, 0.25) is 0 Å². The first-order chi connectivity index (χ1) is 16.2. The largest absolute Gasteiger partial charge is 0.493 e. The molecule has 0 N–H and O–H groups in total. The Morgan fingerprint density at radius 1 is 0.939 bits per heavy atom. The number of benzene rings is 2. The summed E-state index contributed by atoms with van der Waals surface area (Å²) >= 11 is 0. The Bertz CT molecular complexity index is 1250. The van der Waals surface area contributed by atoms with E-state index in [9.17, 15) is 4.79 Å². The zero-order chi connectivity index (χ0) is 22.6. The summed E-state index contributed by atoms with van der Waals surface area (Å²) in [6, 6.07) is 19.6. The monoisotopic (exact) mass is 439 g/mol. The Morgan fingerprint density at radius 3 is 2.52 bits per heavy atom. The first kappa shape index (κ1) is 20.9. The van der Waals surface area contributed by atoms with Gasteiger partial charge in [0, 0.05) is 44.1 Å². The van der Waals surface area contributed by atoms with Crippen LogP contribution in [0.1, 0.15) is 17.3 Å². The van der Waals surface area contributed by atoms with E-state index in [1.807, 2.05) is 72.5 Å². The van der Waals surface area contributed by atoms with Gasteiger partial charge in [0.15, 0.2) is 5.82 Å². The molecule has 1 aliphatic rings. The average Bonchev–Trinajstić information content (AvgIpc) is 2.89. The lowest BCUT2D eigenvalue weighted by Gasteiger charge is -2.35. The number of anilines is 1. The Hall–Kier alpha value is -4.00. The number of fused-ring (bicyclic) bond motifs is 1. The van der Waals surface area contributed by atoms with E-state index >= 15 is 0 Å². The van der Waals surface area contributed by atoms with Crippen LogP contribution >= 0.6 is 0 Å². The maximum Gasteiger partial charge on any atom is 0.258 e. The number of rotatable bonds is 5. The lowest BCUT2D eigenvalue weighted by atomic mass is 10.0. The van der Waals surface area contributed by atoms with Gasteiger partial charge >= 0.3 is 0 Å². The summed E-state index contributed by atoms with van der Waals surface area (Å²) in [6.07, 6.45) is 3.51. The highest BCUT2D eigenvalue weighted by atomic mass is 16.5. The van der Waals surface area contributed by atoms with E-state index in [1.165, 1.54) is 0 Å². The van der Waals surface area contributed by atoms with Crippen LogP contribution in [0, 0.1) is 0 Å². The Labute approximate surface area is 192 Å². The van der Waals surface area contributed by atoms with Crippen LogP contribution in [0.25, 0.3) is 22.0 Å². The maximum atomic E-state index is 13.5. The van der Waals surface area contributed by atoms with Gasteiger partial charge in [-0.2, -0.15) is 0 Å². The number of piperazine rings is 1. The minimum atomic E-state index is 0.00732. The predicted octanol–water partition coefficient (Wildman–Crippen LogP) is 4.05. The predicted molar refractivity (Wildman–Crippen MR) is 128 cm³/mol. The Morgan fingerprint density at radius 2 is 1.79 bits per heavy atom. The van der Waals surface area contributed by atoms with Crippen molar-refractivity contribution < 1.29 is 9.53 Å². The molecule has 1 aliphatic heterocycles. The molecular weight excluding hydrogens is 414 g/mol. The second kappa shape index (κ2) is 9.24. The molecule has 5 rings (SSSR count). The number of ether oxygens (including phenoxy) is 1. The van der Waals surface area contributed by atoms with Crippen molar-refractivity contribution in [2.24, 2.45) is 0 Å². The van der Waals surface area contributed by atoms with Crippen molar-refractivity contribution in [2.45, 2.75) is 6.92 Å². The van der Waals surface area contributed by atoms with E-state index in [2.05, 4.69) is 20.1 Å². The van der Waals surface area contributed by atoms with E-state index < -0.39 is 0 Å². The molecule has 33 heavy (non-hydrogen) atoms. The Balaban J connectivity index is 1.32. The normalized spacial score (nSPS) is 13.8. The van der Waals surface area contributed by atoms with Crippen molar-refractivity contribution in [3.8, 4) is 17.0 Å². The van der Waals surface area contributed by atoms with Gasteiger partial charge in [-0.25, -0.2) is 0 Å². The van der Waals surface area contributed by atoms with Gasteiger partial charge in [-0.3, -0.25) is 9.78 Å². The molecule has 0 aliphatic carbocycles. The third-order valence-corrected chi connectivity index (χ3v) is 5.90. The maximum absolute atomic E-state index is 13.5. The van der Waals surface area contributed by atoms with Crippen molar-refractivity contribution in [2.75, 3.05) is 37.7 Å². The average molecular weight is 440 g/mol. The van der Waals surface area contributed by atoms with Gasteiger partial charge in [-0.15, -0.1) is 10.2 Å². The summed E-state index contributed by atoms with van der Waals surface area (Å²) in [7, 11) is 0. The summed E-state index contributed by atoms with van der Waals surface area (Å²) in [4.78, 5) is 21.7. The summed E-state index contributed by atoms with van der Waals surface area (Å²) in [5.41, 5.74) is 2.37. The number of pyridine rings is 1. The van der Waals surface area contributed by atoms with Gasteiger partial charge in [0.25, 0.3) is 5.91 Å². The van der Waals surface area contributed by atoms with Gasteiger partial charge < -0.3 is 14.5 Å². The van der Waals surface area contributed by atoms with E-state index in [1.54, 1.807) is 12.4 Å². The van der Waals surface area contributed by atoms with Crippen molar-refractivity contribution in [1.29, 1.82) is 0 Å². The molecule has 2 aromatic carbocycles. The van der Waals surface area contributed by atoms with Crippen LogP contribution in [-0.2, 0) is 0 Å². The number of carbonyl (C=O) groups is 1. The molecule has 0 unspecified atom stereocenters. The van der Waals surface area contributed by atoms with Gasteiger partial charge in [0.1, 0.15) is 5.75 Å². The molecule has 0 bridgehead atoms. The Kier molecular flexibility index (Phi) is 5.85. The number of hydrogen-bond donors (Lipinski definition) is 0. The number of carbonyl (C=O) groups excluding carboxylic acids is 1. The SMILES string of the molecule is CCOc1ccc2ccccc2c1C(=O)N1CCN(c2ccc(-c3cccnc3)nn2)CC1. The molecule has 166 valence electrons. The van der Waals surface area contributed by atoms with E-state index in [4.69, 9.17) is 4.74 Å². The minimum absolute atomic E-state index is 0.00732. The van der Waals surface area contributed by atoms with Crippen molar-refractivity contribution in [1.82, 2.24) is 20.1 Å². The highest BCUT2D eigenvalue weighted by molar-refractivity contribution is 6.09. The van der Waals surface area contributed by atoms with E-state index in [-0.39, 0.29) is 5.91 Å². The minimum Gasteiger partial charge on any atom is -0.493 e. The van der Waals surface area contributed by atoms with Crippen LogP contribution in [0.4, 0.5) is 5.82 Å². The molecule has 0 spiro atoms. The summed E-state index contributed by atoms with van der Waals surface area (Å²) in [6.45, 7) is 5.06. The third kappa shape index (κ3) is 4.22. The smallest absolute Gasteiger partial charge is 0.258 e. The first-order valence-corrected chi connectivity index (χ1v) is 11.2. The van der Waals surface area contributed by atoms with Crippen LogP contribution < -0.4 is 9.64 Å². The van der Waals surface area contributed by atoms with Crippen molar-refractivity contribution in [3.63, 3.8) is 0 Å². The molecule has 1 fully saturated rings. The van der Waals surface area contributed by atoms with Crippen LogP contribution in [-0.4, -0.2) is 58.8 Å². The molecule has 3 heterocycles. The molecule has 7 heteroatoms. The van der Waals surface area contributed by atoms with Crippen molar-refractivity contribution in [3.05, 3.63) is 78.6 Å². The molecular formula is C26H25N5O2. The second-order valence-corrected chi connectivity index (χ2v) is 7.89. The van der Waals surface area contributed by atoms with Crippen LogP contribution in [0.15, 0.2) is 73.1 Å².